The maximum absolute atomic E-state index is 3.64. The Bertz CT molecular complexity index is 83.7. The average Bonchev–Trinajstić information content (AvgIpc) is 1.59. The van der Waals surface area contributed by atoms with Crippen molar-refractivity contribution in [3.8, 4) is 0 Å². The molecule has 10 heavy (non-hydrogen) atoms. The lowest BCUT2D eigenvalue weighted by Gasteiger charge is -2.21. The number of halogens is 2. The normalized spacial score (nSPS) is 15.3. The van der Waals surface area contributed by atoms with Crippen LogP contribution in [0.3, 0.4) is 0 Å². The van der Waals surface area contributed by atoms with Crippen LogP contribution < -0.4 is 0 Å². The molecule has 1 atom stereocenters. The van der Waals surface area contributed by atoms with E-state index in [-0.39, 0.29) is 0 Å². The first-order valence-corrected chi connectivity index (χ1v) is 5.69. The second-order valence-corrected chi connectivity index (χ2v) is 5.93. The third-order valence-corrected chi connectivity index (χ3v) is 2.50. The zero-order valence-corrected chi connectivity index (χ0v) is 10.1. The van der Waals surface area contributed by atoms with E-state index in [2.05, 4.69) is 52.6 Å². The second kappa shape index (κ2) is 4.76. The molecule has 0 unspecified atom stereocenters. The molecule has 0 aliphatic rings. The molecule has 0 bridgehead atoms. The van der Waals surface area contributed by atoms with Gasteiger partial charge in [-0.15, -0.1) is 0 Å². The molecule has 0 aliphatic heterocycles. The minimum absolute atomic E-state index is 0.455. The van der Waals surface area contributed by atoms with Crippen LogP contribution in [0.1, 0.15) is 33.6 Å². The second-order valence-electron chi connectivity index (χ2n) is 3.84. The molecule has 0 fully saturated rings. The lowest BCUT2D eigenvalue weighted by atomic mass is 9.90. The molecule has 62 valence electrons. The highest BCUT2D eigenvalue weighted by Crippen LogP contribution is 2.26. The van der Waals surface area contributed by atoms with Crippen molar-refractivity contribution in [2.24, 2.45) is 5.41 Å². The van der Waals surface area contributed by atoms with Gasteiger partial charge in [0.05, 0.1) is 0 Å². The van der Waals surface area contributed by atoms with Crippen LogP contribution in [0.4, 0.5) is 0 Å². The van der Waals surface area contributed by atoms with E-state index in [1.165, 1.54) is 12.8 Å². The van der Waals surface area contributed by atoms with Gasteiger partial charge in [-0.3, -0.25) is 0 Å². The third-order valence-electron chi connectivity index (χ3n) is 1.26. The van der Waals surface area contributed by atoms with Crippen molar-refractivity contribution in [3.63, 3.8) is 0 Å². The summed E-state index contributed by atoms with van der Waals surface area (Å²) >= 11 is 7.07. The van der Waals surface area contributed by atoms with Gasteiger partial charge >= 0.3 is 0 Å². The highest BCUT2D eigenvalue weighted by Gasteiger charge is 2.15. The van der Waals surface area contributed by atoms with Crippen LogP contribution in [0.25, 0.3) is 0 Å². The Balaban J connectivity index is 3.47. The van der Waals surface area contributed by atoms with Gasteiger partial charge in [0, 0.05) is 10.2 Å². The Morgan fingerprint density at radius 1 is 1.30 bits per heavy atom. The summed E-state index contributed by atoms with van der Waals surface area (Å²) in [6, 6.07) is 0. The third kappa shape index (κ3) is 7.07. The monoisotopic (exact) mass is 270 g/mol. The van der Waals surface area contributed by atoms with Crippen LogP contribution in [-0.2, 0) is 0 Å². The van der Waals surface area contributed by atoms with Crippen LogP contribution in [-0.4, -0.2) is 10.2 Å². The van der Waals surface area contributed by atoms with Crippen LogP contribution in [0.5, 0.6) is 0 Å². The summed E-state index contributed by atoms with van der Waals surface area (Å²) in [5, 5.41) is 1.10. The molecule has 0 N–H and O–H groups in total. The smallest absolute Gasteiger partial charge is 0.0158 e. The van der Waals surface area contributed by atoms with E-state index in [4.69, 9.17) is 0 Å². The molecule has 2 heteroatoms. The van der Waals surface area contributed by atoms with Gasteiger partial charge in [0.15, 0.2) is 0 Å². The predicted octanol–water partition coefficient (Wildman–Crippen LogP) is 3.97. The van der Waals surface area contributed by atoms with Gasteiger partial charge in [0.2, 0.25) is 0 Å². The molecule has 0 rings (SSSR count). The highest BCUT2D eigenvalue weighted by atomic mass is 79.9. The van der Waals surface area contributed by atoms with Crippen molar-refractivity contribution in [2.45, 2.75) is 38.4 Å². The van der Waals surface area contributed by atoms with E-state index in [0.717, 1.165) is 5.33 Å². The molecule has 0 amide bonds. The van der Waals surface area contributed by atoms with Crippen molar-refractivity contribution in [3.05, 3.63) is 0 Å². The summed E-state index contributed by atoms with van der Waals surface area (Å²) in [6.07, 6.45) is 2.47. The van der Waals surface area contributed by atoms with Gasteiger partial charge in [-0.1, -0.05) is 52.6 Å². The molecule has 0 nitrogen and oxygen atoms in total. The first-order chi connectivity index (χ1) is 4.45. The Morgan fingerprint density at radius 3 is 2.10 bits per heavy atom. The maximum atomic E-state index is 3.64. The fourth-order valence-electron chi connectivity index (χ4n) is 0.885. The summed E-state index contributed by atoms with van der Waals surface area (Å²) in [5.41, 5.74) is 0.455. The van der Waals surface area contributed by atoms with Crippen molar-refractivity contribution in [2.75, 3.05) is 5.33 Å². The SMILES string of the molecule is CC(C)(C)C[C@H](Br)CCBr. The van der Waals surface area contributed by atoms with Crippen LogP contribution in [0, 0.1) is 5.41 Å². The van der Waals surface area contributed by atoms with Gasteiger partial charge in [0.1, 0.15) is 0 Å². The number of rotatable bonds is 3. The lowest BCUT2D eigenvalue weighted by Crippen LogP contribution is -2.12. The quantitative estimate of drug-likeness (QED) is 0.682. The van der Waals surface area contributed by atoms with E-state index < -0.39 is 0 Å². The summed E-state index contributed by atoms with van der Waals surface area (Å²) in [5.74, 6) is 0. The number of alkyl halides is 2. The zero-order valence-electron chi connectivity index (χ0n) is 6.95. The molecule has 0 aromatic rings. The Morgan fingerprint density at radius 2 is 1.80 bits per heavy atom. The van der Waals surface area contributed by atoms with Crippen LogP contribution in [0.2, 0.25) is 0 Å². The van der Waals surface area contributed by atoms with Crippen molar-refractivity contribution in [1.82, 2.24) is 0 Å². The lowest BCUT2D eigenvalue weighted by molar-refractivity contribution is 0.372. The first kappa shape index (κ1) is 11.0. The summed E-state index contributed by atoms with van der Waals surface area (Å²) in [7, 11) is 0. The highest BCUT2D eigenvalue weighted by molar-refractivity contribution is 9.10. The number of hydrogen-bond donors (Lipinski definition) is 0. The first-order valence-electron chi connectivity index (χ1n) is 3.66. The van der Waals surface area contributed by atoms with Crippen LogP contribution in [0.15, 0.2) is 0 Å². The standard InChI is InChI=1S/C8H16Br2/c1-8(2,3)6-7(10)4-5-9/h7H,4-6H2,1-3H3/t7-/m1/s1. The van der Waals surface area contributed by atoms with E-state index in [0.29, 0.717) is 10.2 Å². The van der Waals surface area contributed by atoms with Gasteiger partial charge < -0.3 is 0 Å². The van der Waals surface area contributed by atoms with Crippen LogP contribution >= 0.6 is 31.9 Å². The Kier molecular flexibility index (Phi) is 5.22. The molecule has 0 aliphatic carbocycles. The fraction of sp³-hybridized carbons (Fsp3) is 1.00. The molecular weight excluding hydrogens is 256 g/mol. The van der Waals surface area contributed by atoms with E-state index >= 15 is 0 Å². The molecule has 0 heterocycles. The predicted molar refractivity (Wildman–Crippen MR) is 55.2 cm³/mol. The molecule has 0 aromatic carbocycles. The van der Waals surface area contributed by atoms with E-state index in [1.54, 1.807) is 0 Å². The van der Waals surface area contributed by atoms with Gasteiger partial charge in [-0.05, 0) is 18.3 Å². The summed E-state index contributed by atoms with van der Waals surface area (Å²) < 4.78 is 0. The minimum Gasteiger partial charge on any atom is -0.0928 e. The Hall–Kier alpha value is 0.960. The fourth-order valence-corrected chi connectivity index (χ4v) is 3.25. The summed E-state index contributed by atoms with van der Waals surface area (Å²) in [6.45, 7) is 6.82. The molecule has 0 radical (unpaired) electrons. The molecule has 0 spiro atoms. The van der Waals surface area contributed by atoms with Crippen molar-refractivity contribution >= 4 is 31.9 Å². The largest absolute Gasteiger partial charge is 0.0928 e. The molecule has 0 saturated carbocycles. The Labute approximate surface area is 81.0 Å². The van der Waals surface area contributed by atoms with Gasteiger partial charge in [0.25, 0.3) is 0 Å². The minimum atomic E-state index is 0.455. The molecule has 0 saturated heterocycles. The number of hydrogen-bond acceptors (Lipinski definition) is 0. The van der Waals surface area contributed by atoms with Crippen molar-refractivity contribution in [1.29, 1.82) is 0 Å². The average molecular weight is 272 g/mol. The summed E-state index contributed by atoms with van der Waals surface area (Å²) in [4.78, 5) is 0.673. The van der Waals surface area contributed by atoms with Gasteiger partial charge in [-0.25, -0.2) is 0 Å². The van der Waals surface area contributed by atoms with Crippen molar-refractivity contribution < 1.29 is 0 Å². The topological polar surface area (TPSA) is 0 Å². The maximum Gasteiger partial charge on any atom is 0.0158 e. The van der Waals surface area contributed by atoms with E-state index in [1.807, 2.05) is 0 Å². The van der Waals surface area contributed by atoms with Gasteiger partial charge in [-0.2, -0.15) is 0 Å². The van der Waals surface area contributed by atoms with E-state index in [9.17, 15) is 0 Å². The zero-order chi connectivity index (χ0) is 8.20. The molecule has 0 aromatic heterocycles. The molecular formula is C8H16Br2.